The Bertz CT molecular complexity index is 807. The highest BCUT2D eigenvalue weighted by molar-refractivity contribution is 5.70. The highest BCUT2D eigenvalue weighted by Gasteiger charge is 2.48. The number of benzene rings is 1. The summed E-state index contributed by atoms with van der Waals surface area (Å²) in [4.78, 5) is 29.0. The molecule has 1 aliphatic heterocycles. The van der Waals surface area contributed by atoms with Crippen LogP contribution in [0, 0.1) is 5.92 Å². The number of hydrogen-bond donors (Lipinski definition) is 0. The van der Waals surface area contributed by atoms with Crippen molar-refractivity contribution in [1.29, 1.82) is 0 Å². The van der Waals surface area contributed by atoms with Crippen molar-refractivity contribution in [3.8, 4) is 0 Å². The van der Waals surface area contributed by atoms with Gasteiger partial charge < -0.3 is 19.3 Å². The number of piperidine rings is 1. The van der Waals surface area contributed by atoms with Crippen molar-refractivity contribution in [3.05, 3.63) is 41.5 Å². The normalized spacial score (nSPS) is 22.3. The van der Waals surface area contributed by atoms with Crippen LogP contribution in [-0.4, -0.2) is 66.3 Å². The molecule has 0 radical (unpaired) electrons. The predicted octanol–water partition coefficient (Wildman–Crippen LogP) is 4.74. The van der Waals surface area contributed by atoms with Gasteiger partial charge in [0, 0.05) is 37.6 Å². The maximum atomic E-state index is 13.2. The minimum absolute atomic E-state index is 0.166. The van der Waals surface area contributed by atoms with E-state index in [4.69, 9.17) is 9.47 Å². The molecule has 6 nitrogen and oxygen atoms in total. The lowest BCUT2D eigenvalue weighted by molar-refractivity contribution is -0.141. The maximum Gasteiger partial charge on any atom is 0.410 e. The van der Waals surface area contributed by atoms with Crippen LogP contribution >= 0.6 is 0 Å². The molecule has 1 amide bonds. The number of likely N-dealkylation sites (tertiary alicyclic amines) is 1. The van der Waals surface area contributed by atoms with Gasteiger partial charge >= 0.3 is 12.1 Å². The Morgan fingerprint density at radius 3 is 2.41 bits per heavy atom. The molecule has 176 valence electrons. The van der Waals surface area contributed by atoms with Gasteiger partial charge in [-0.3, -0.25) is 4.79 Å². The first-order chi connectivity index (χ1) is 15.2. The van der Waals surface area contributed by atoms with Gasteiger partial charge in [0.25, 0.3) is 0 Å². The molecule has 1 aliphatic carbocycles. The summed E-state index contributed by atoms with van der Waals surface area (Å²) in [5, 5.41) is 0. The zero-order valence-corrected chi connectivity index (χ0v) is 20.2. The summed E-state index contributed by atoms with van der Waals surface area (Å²) >= 11 is 0. The summed E-state index contributed by atoms with van der Waals surface area (Å²) < 4.78 is 10.6. The van der Waals surface area contributed by atoms with Crippen LogP contribution in [0.5, 0.6) is 0 Å². The van der Waals surface area contributed by atoms with Gasteiger partial charge in [-0.2, -0.15) is 0 Å². The lowest BCUT2D eigenvalue weighted by Gasteiger charge is -2.39. The summed E-state index contributed by atoms with van der Waals surface area (Å²) in [5.41, 5.74) is 1.99. The van der Waals surface area contributed by atoms with E-state index in [1.807, 2.05) is 43.9 Å². The van der Waals surface area contributed by atoms with Gasteiger partial charge in [0.2, 0.25) is 0 Å². The number of amides is 1. The average molecular weight is 443 g/mol. The van der Waals surface area contributed by atoms with Crippen LogP contribution in [0.1, 0.15) is 58.9 Å². The molecule has 2 fully saturated rings. The minimum Gasteiger partial charge on any atom is -0.469 e. The van der Waals surface area contributed by atoms with Crippen LogP contribution in [0.3, 0.4) is 0 Å². The topological polar surface area (TPSA) is 59.1 Å². The molecule has 2 atom stereocenters. The van der Waals surface area contributed by atoms with Crippen molar-refractivity contribution in [3.63, 3.8) is 0 Å². The molecule has 1 saturated heterocycles. The van der Waals surface area contributed by atoms with Crippen molar-refractivity contribution in [2.45, 2.75) is 71.1 Å². The molecular weight excluding hydrogens is 404 g/mol. The Morgan fingerprint density at radius 2 is 1.81 bits per heavy atom. The number of ether oxygens (including phenoxy) is 2. The van der Waals surface area contributed by atoms with Crippen molar-refractivity contribution < 1.29 is 19.1 Å². The lowest BCUT2D eigenvalue weighted by atomic mass is 10.0. The third-order valence-corrected chi connectivity index (χ3v) is 6.31. The Morgan fingerprint density at radius 1 is 1.16 bits per heavy atom. The summed E-state index contributed by atoms with van der Waals surface area (Å²) in [6.45, 7) is 10.4. The van der Waals surface area contributed by atoms with Gasteiger partial charge in [-0.25, -0.2) is 4.79 Å². The predicted molar refractivity (Wildman–Crippen MR) is 126 cm³/mol. The zero-order chi connectivity index (χ0) is 23.3. The molecule has 32 heavy (non-hydrogen) atoms. The largest absolute Gasteiger partial charge is 0.469 e. The number of rotatable bonds is 7. The Kier molecular flexibility index (Phi) is 7.99. The average Bonchev–Trinajstić information content (AvgIpc) is 3.53. The molecule has 1 aromatic carbocycles. The molecule has 1 aromatic rings. The molecular formula is C26H38N2O4. The minimum atomic E-state index is -0.518. The number of carbonyl (C=O) groups is 2. The van der Waals surface area contributed by atoms with E-state index >= 15 is 0 Å². The first kappa shape index (κ1) is 24.3. The van der Waals surface area contributed by atoms with Crippen molar-refractivity contribution in [1.82, 2.24) is 9.80 Å². The third-order valence-electron chi connectivity index (χ3n) is 6.31. The molecule has 6 heteroatoms. The second-order valence-corrected chi connectivity index (χ2v) is 10.00. The van der Waals surface area contributed by atoms with Crippen LogP contribution in [0.25, 0.3) is 6.08 Å². The quantitative estimate of drug-likeness (QED) is 0.571. The number of hydrogen-bond acceptors (Lipinski definition) is 5. The molecule has 0 N–H and O–H groups in total. The Labute approximate surface area is 192 Å². The summed E-state index contributed by atoms with van der Waals surface area (Å²) in [5.74, 6) is 0.198. The number of carbonyl (C=O) groups excluding carboxylic acids is 2. The van der Waals surface area contributed by atoms with Gasteiger partial charge in [-0.05, 0) is 52.5 Å². The Balaban J connectivity index is 1.66. The molecule has 1 saturated carbocycles. The fourth-order valence-electron chi connectivity index (χ4n) is 4.54. The maximum absolute atomic E-state index is 13.2. The van der Waals surface area contributed by atoms with E-state index in [0.717, 1.165) is 32.4 Å². The standard InChI is InChI=1S/C26H38N2O4/c1-19(17-20-9-7-6-8-10-20)22-18-23(22)28(25(30)32-26(2,3)4)21-11-14-27(15-12-21)16-13-24(29)31-5/h6-10,17,21-23H,11-16,18H2,1-5H3/b19-17+. The highest BCUT2D eigenvalue weighted by Crippen LogP contribution is 2.44. The van der Waals surface area contributed by atoms with Gasteiger partial charge in [0.05, 0.1) is 13.5 Å². The summed E-state index contributed by atoms with van der Waals surface area (Å²) in [7, 11) is 1.42. The first-order valence-corrected chi connectivity index (χ1v) is 11.7. The first-order valence-electron chi connectivity index (χ1n) is 11.7. The third kappa shape index (κ3) is 6.83. The Hall–Kier alpha value is -2.34. The van der Waals surface area contributed by atoms with Crippen molar-refractivity contribution in [2.24, 2.45) is 5.92 Å². The van der Waals surface area contributed by atoms with E-state index in [9.17, 15) is 9.59 Å². The second kappa shape index (κ2) is 10.5. The molecule has 3 rings (SSSR count). The van der Waals surface area contributed by atoms with E-state index in [2.05, 4.69) is 30.0 Å². The van der Waals surface area contributed by atoms with E-state index in [-0.39, 0.29) is 24.1 Å². The SMILES string of the molecule is COC(=O)CCN1CCC(N(C(=O)OC(C)(C)C)C2CC2/C(C)=C/c2ccccc2)CC1. The number of nitrogens with zero attached hydrogens (tertiary/aromatic N) is 2. The molecule has 0 spiro atoms. The van der Waals surface area contributed by atoms with Crippen LogP contribution in [0.4, 0.5) is 4.79 Å². The zero-order valence-electron chi connectivity index (χ0n) is 20.2. The van der Waals surface area contributed by atoms with Crippen molar-refractivity contribution >= 4 is 18.1 Å². The number of esters is 1. The smallest absolute Gasteiger partial charge is 0.410 e. The van der Waals surface area contributed by atoms with Gasteiger partial charge in [-0.1, -0.05) is 42.0 Å². The van der Waals surface area contributed by atoms with Crippen molar-refractivity contribution in [2.75, 3.05) is 26.7 Å². The highest BCUT2D eigenvalue weighted by atomic mass is 16.6. The van der Waals surface area contributed by atoms with Crippen LogP contribution in [-0.2, 0) is 14.3 Å². The molecule has 0 bridgehead atoms. The van der Waals surface area contributed by atoms with E-state index in [1.54, 1.807) is 0 Å². The number of methoxy groups -OCH3 is 1. The van der Waals surface area contributed by atoms with E-state index in [1.165, 1.54) is 18.2 Å². The van der Waals surface area contributed by atoms with Gasteiger partial charge in [0.1, 0.15) is 5.60 Å². The van der Waals surface area contributed by atoms with Gasteiger partial charge in [-0.15, -0.1) is 0 Å². The summed E-state index contributed by atoms with van der Waals surface area (Å²) in [6.07, 6.45) is 5.21. The molecule has 2 aliphatic rings. The monoisotopic (exact) mass is 442 g/mol. The van der Waals surface area contributed by atoms with Crippen LogP contribution in [0.2, 0.25) is 0 Å². The molecule has 2 unspecified atom stereocenters. The van der Waals surface area contributed by atoms with E-state index in [0.29, 0.717) is 18.9 Å². The van der Waals surface area contributed by atoms with Crippen LogP contribution in [0.15, 0.2) is 35.9 Å². The van der Waals surface area contributed by atoms with Gasteiger partial charge in [0.15, 0.2) is 0 Å². The fourth-order valence-corrected chi connectivity index (χ4v) is 4.54. The summed E-state index contributed by atoms with van der Waals surface area (Å²) in [6, 6.07) is 10.7. The lowest BCUT2D eigenvalue weighted by Crippen LogP contribution is -2.50. The van der Waals surface area contributed by atoms with Crippen LogP contribution < -0.4 is 0 Å². The fraction of sp³-hybridized carbons (Fsp3) is 0.615. The molecule has 1 heterocycles. The van der Waals surface area contributed by atoms with E-state index < -0.39 is 5.60 Å². The second-order valence-electron chi connectivity index (χ2n) is 10.00. The molecule has 0 aromatic heterocycles.